The first-order valence-electron chi connectivity index (χ1n) is 3.71. The molecule has 0 atom stereocenters. The molecule has 0 heterocycles. The van der Waals surface area contributed by atoms with Gasteiger partial charge in [0.1, 0.15) is 0 Å². The standard InChI is InChI=1S/C5H14B2O3/c1-2-3-4-5-7(9)10-6-8/h6,8-9H,2-5H2,1H3. The molecular formula is C5H14B2O3. The van der Waals surface area contributed by atoms with Crippen LogP contribution >= 0.6 is 0 Å². The lowest BCUT2D eigenvalue weighted by molar-refractivity contribution is 0.376. The van der Waals surface area contributed by atoms with Crippen LogP contribution in [0.15, 0.2) is 0 Å². The van der Waals surface area contributed by atoms with Crippen LogP contribution in [-0.4, -0.2) is 24.9 Å². The van der Waals surface area contributed by atoms with E-state index in [2.05, 4.69) is 11.5 Å². The van der Waals surface area contributed by atoms with Crippen LogP contribution in [0.3, 0.4) is 0 Å². The summed E-state index contributed by atoms with van der Waals surface area (Å²) in [5, 5.41) is 17.1. The van der Waals surface area contributed by atoms with Crippen LogP contribution in [0.2, 0.25) is 6.32 Å². The molecule has 0 aromatic heterocycles. The second-order valence-corrected chi connectivity index (χ2v) is 2.25. The third-order valence-corrected chi connectivity index (χ3v) is 1.32. The average molecular weight is 144 g/mol. The fourth-order valence-electron chi connectivity index (χ4n) is 0.738. The number of rotatable bonds is 6. The van der Waals surface area contributed by atoms with Gasteiger partial charge in [0, 0.05) is 0 Å². The lowest BCUT2D eigenvalue weighted by Crippen LogP contribution is -2.19. The maximum absolute atomic E-state index is 8.89. The highest BCUT2D eigenvalue weighted by Crippen LogP contribution is 2.01. The van der Waals surface area contributed by atoms with Crippen LogP contribution in [0.1, 0.15) is 26.2 Å². The monoisotopic (exact) mass is 144 g/mol. The molecule has 0 unspecified atom stereocenters. The zero-order valence-electron chi connectivity index (χ0n) is 6.42. The Morgan fingerprint density at radius 1 is 1.50 bits per heavy atom. The van der Waals surface area contributed by atoms with Gasteiger partial charge in [-0.3, -0.25) is 0 Å². The minimum Gasteiger partial charge on any atom is -0.454 e. The predicted octanol–water partition coefficient (Wildman–Crippen LogP) is -0.0675. The van der Waals surface area contributed by atoms with Crippen LogP contribution < -0.4 is 0 Å². The SMILES string of the molecule is CCCCCB(O)OBO. The molecule has 0 aliphatic rings. The van der Waals surface area contributed by atoms with Crippen LogP contribution in [-0.2, 0) is 4.57 Å². The largest absolute Gasteiger partial charge is 0.454 e. The first-order chi connectivity index (χ1) is 4.81. The number of unbranched alkanes of at least 4 members (excludes halogenated alkanes) is 2. The van der Waals surface area contributed by atoms with E-state index in [1.54, 1.807) is 0 Å². The maximum atomic E-state index is 8.89. The summed E-state index contributed by atoms with van der Waals surface area (Å²) < 4.78 is 4.50. The summed E-state index contributed by atoms with van der Waals surface area (Å²) in [6.07, 6.45) is 3.81. The summed E-state index contributed by atoms with van der Waals surface area (Å²) in [6.45, 7) is 2.10. The molecule has 0 saturated carbocycles. The lowest BCUT2D eigenvalue weighted by atomic mass is 9.81. The first kappa shape index (κ1) is 10.0. The third kappa shape index (κ3) is 6.13. The van der Waals surface area contributed by atoms with Crippen molar-refractivity contribution in [2.45, 2.75) is 32.5 Å². The molecule has 0 aliphatic carbocycles. The maximum Gasteiger partial charge on any atom is 0.440 e. The van der Waals surface area contributed by atoms with E-state index in [9.17, 15) is 0 Å². The van der Waals surface area contributed by atoms with Gasteiger partial charge in [0.05, 0.1) is 0 Å². The first-order valence-corrected chi connectivity index (χ1v) is 3.71. The van der Waals surface area contributed by atoms with Crippen LogP contribution in [0, 0.1) is 0 Å². The van der Waals surface area contributed by atoms with Gasteiger partial charge in [-0.25, -0.2) is 0 Å². The molecule has 3 nitrogen and oxygen atoms in total. The zero-order valence-corrected chi connectivity index (χ0v) is 6.42. The Bertz CT molecular complexity index is 71.9. The predicted molar refractivity (Wildman–Crippen MR) is 42.8 cm³/mol. The minimum atomic E-state index is -0.781. The van der Waals surface area contributed by atoms with Crippen LogP contribution in [0.5, 0.6) is 0 Å². The third-order valence-electron chi connectivity index (χ3n) is 1.32. The molecule has 0 amide bonds. The van der Waals surface area contributed by atoms with Crippen molar-refractivity contribution < 1.29 is 14.6 Å². The molecule has 0 radical (unpaired) electrons. The Kier molecular flexibility index (Phi) is 7.13. The van der Waals surface area contributed by atoms with Gasteiger partial charge in [0.2, 0.25) is 0 Å². The van der Waals surface area contributed by atoms with Crippen molar-refractivity contribution in [1.29, 1.82) is 0 Å². The van der Waals surface area contributed by atoms with Gasteiger partial charge in [0.15, 0.2) is 0 Å². The Balaban J connectivity index is 2.97. The van der Waals surface area contributed by atoms with Gasteiger partial charge < -0.3 is 14.6 Å². The molecule has 0 spiro atoms. The van der Waals surface area contributed by atoms with Crippen LogP contribution in [0.25, 0.3) is 0 Å². The molecule has 2 N–H and O–H groups in total. The molecule has 0 aromatic carbocycles. The van der Waals surface area contributed by atoms with E-state index in [1.165, 1.54) is 0 Å². The second kappa shape index (κ2) is 7.12. The van der Waals surface area contributed by atoms with Gasteiger partial charge in [-0.05, 0) is 6.32 Å². The molecule has 0 saturated heterocycles. The zero-order chi connectivity index (χ0) is 7.82. The second-order valence-electron chi connectivity index (χ2n) is 2.25. The van der Waals surface area contributed by atoms with E-state index in [0.29, 0.717) is 6.32 Å². The van der Waals surface area contributed by atoms with Crippen LogP contribution in [0.4, 0.5) is 0 Å². The van der Waals surface area contributed by atoms with Crippen molar-refractivity contribution >= 4 is 14.8 Å². The van der Waals surface area contributed by atoms with Crippen molar-refractivity contribution in [3.63, 3.8) is 0 Å². The topological polar surface area (TPSA) is 49.7 Å². The molecule has 58 valence electrons. The Morgan fingerprint density at radius 3 is 2.70 bits per heavy atom. The smallest absolute Gasteiger partial charge is 0.440 e. The highest BCUT2D eigenvalue weighted by Gasteiger charge is 2.10. The molecule has 0 aromatic rings. The van der Waals surface area contributed by atoms with E-state index < -0.39 is 14.8 Å². The molecule has 5 heteroatoms. The summed E-state index contributed by atoms with van der Waals surface area (Å²) in [4.78, 5) is 0. The van der Waals surface area contributed by atoms with Gasteiger partial charge >= 0.3 is 14.8 Å². The van der Waals surface area contributed by atoms with Crippen molar-refractivity contribution in [3.05, 3.63) is 0 Å². The molecule has 0 rings (SSSR count). The Labute approximate surface area is 62.9 Å². The van der Waals surface area contributed by atoms with Gasteiger partial charge in [0.25, 0.3) is 0 Å². The Morgan fingerprint density at radius 2 is 2.20 bits per heavy atom. The summed E-state index contributed by atoms with van der Waals surface area (Å²) in [6, 6.07) is 0. The normalized spacial score (nSPS) is 9.50. The van der Waals surface area contributed by atoms with E-state index in [-0.39, 0.29) is 0 Å². The Hall–Kier alpha value is 0.00987. The molecule has 0 bridgehead atoms. The van der Waals surface area contributed by atoms with Crippen molar-refractivity contribution in [1.82, 2.24) is 0 Å². The minimum absolute atomic E-state index is 0.396. The van der Waals surface area contributed by atoms with Gasteiger partial charge in [-0.15, -0.1) is 0 Å². The van der Waals surface area contributed by atoms with Crippen molar-refractivity contribution in [2.24, 2.45) is 0 Å². The van der Waals surface area contributed by atoms with E-state index >= 15 is 0 Å². The molecule has 0 aliphatic heterocycles. The van der Waals surface area contributed by atoms with E-state index in [4.69, 9.17) is 10.0 Å². The quantitative estimate of drug-likeness (QED) is 0.405. The fourth-order valence-corrected chi connectivity index (χ4v) is 0.738. The number of hydrogen-bond acceptors (Lipinski definition) is 3. The summed E-state index contributed by atoms with van der Waals surface area (Å²) >= 11 is 0. The fraction of sp³-hybridized carbons (Fsp3) is 1.00. The lowest BCUT2D eigenvalue weighted by Gasteiger charge is -2.02. The molecule has 10 heavy (non-hydrogen) atoms. The van der Waals surface area contributed by atoms with Crippen molar-refractivity contribution in [3.8, 4) is 0 Å². The van der Waals surface area contributed by atoms with E-state index in [1.807, 2.05) is 0 Å². The average Bonchev–Trinajstić information content (AvgIpc) is 1.89. The molecule has 0 fully saturated rings. The summed E-state index contributed by atoms with van der Waals surface area (Å²) in [5.41, 5.74) is 0. The van der Waals surface area contributed by atoms with Gasteiger partial charge in [-0.2, -0.15) is 0 Å². The van der Waals surface area contributed by atoms with Crippen molar-refractivity contribution in [2.75, 3.05) is 0 Å². The van der Waals surface area contributed by atoms with E-state index in [0.717, 1.165) is 19.3 Å². The van der Waals surface area contributed by atoms with Gasteiger partial charge in [-0.1, -0.05) is 26.2 Å². The highest BCUT2D eigenvalue weighted by atomic mass is 16.5. The summed E-state index contributed by atoms with van der Waals surface area (Å²) in [5.74, 6) is 0. The number of hydrogen-bond donors (Lipinski definition) is 2. The highest BCUT2D eigenvalue weighted by molar-refractivity contribution is 6.49. The molecular weight excluding hydrogens is 130 g/mol. The summed E-state index contributed by atoms with van der Waals surface area (Å²) in [7, 11) is -1.18.